The number of hydrogen-bond acceptors (Lipinski definition) is 2. The molecule has 0 saturated carbocycles. The van der Waals surface area contributed by atoms with Gasteiger partial charge >= 0.3 is 0 Å². The fourth-order valence-electron chi connectivity index (χ4n) is 2.63. The lowest BCUT2D eigenvalue weighted by molar-refractivity contribution is 0.0915. The van der Waals surface area contributed by atoms with Crippen molar-refractivity contribution in [3.63, 3.8) is 0 Å². The molecule has 4 heteroatoms. The maximum absolute atomic E-state index is 12.5. The van der Waals surface area contributed by atoms with Crippen LogP contribution in [0.1, 0.15) is 21.6 Å². The van der Waals surface area contributed by atoms with Crippen molar-refractivity contribution in [2.24, 2.45) is 13.0 Å². The minimum Gasteiger partial charge on any atom is -0.292 e. The van der Waals surface area contributed by atoms with E-state index in [1.54, 1.807) is 11.7 Å². The Morgan fingerprint density at radius 3 is 2.44 bits per heavy atom. The van der Waals surface area contributed by atoms with E-state index in [0.29, 0.717) is 10.7 Å². The fraction of sp³-hybridized carbons (Fsp3) is 0.286. The van der Waals surface area contributed by atoms with E-state index in [9.17, 15) is 4.79 Å². The highest BCUT2D eigenvalue weighted by Gasteiger charge is 2.30. The van der Waals surface area contributed by atoms with Crippen LogP contribution >= 0.6 is 11.6 Å². The van der Waals surface area contributed by atoms with Gasteiger partial charge in [-0.2, -0.15) is 5.10 Å². The van der Waals surface area contributed by atoms with E-state index in [4.69, 9.17) is 11.6 Å². The molecule has 1 aliphatic rings. The standard InChI is InChI=1S/C14H13ClN2O/c1-17-13(12(15)8-16-17)14(18)11-6-9-4-2-3-5-10(9)7-11/h2-5,8,11H,6-7H2,1H3. The maximum atomic E-state index is 12.5. The third-order valence-corrected chi connectivity index (χ3v) is 3.83. The summed E-state index contributed by atoms with van der Waals surface area (Å²) >= 11 is 6.03. The predicted molar refractivity (Wildman–Crippen MR) is 69.9 cm³/mol. The van der Waals surface area contributed by atoms with Crippen molar-refractivity contribution in [2.45, 2.75) is 12.8 Å². The molecule has 1 aromatic heterocycles. The van der Waals surface area contributed by atoms with Crippen LogP contribution in [0.2, 0.25) is 5.02 Å². The van der Waals surface area contributed by atoms with Crippen molar-refractivity contribution in [3.05, 3.63) is 52.3 Å². The molecular formula is C14H13ClN2O. The van der Waals surface area contributed by atoms with Crippen LogP contribution in [-0.4, -0.2) is 15.6 Å². The van der Waals surface area contributed by atoms with E-state index >= 15 is 0 Å². The first kappa shape index (κ1) is 11.5. The molecule has 0 fully saturated rings. The van der Waals surface area contributed by atoms with Crippen molar-refractivity contribution < 1.29 is 4.79 Å². The number of fused-ring (bicyclic) bond motifs is 1. The smallest absolute Gasteiger partial charge is 0.186 e. The quantitative estimate of drug-likeness (QED) is 0.778. The van der Waals surface area contributed by atoms with E-state index in [-0.39, 0.29) is 11.7 Å². The third kappa shape index (κ3) is 1.75. The molecule has 3 nitrogen and oxygen atoms in total. The van der Waals surface area contributed by atoms with Crippen LogP contribution in [0.3, 0.4) is 0 Å². The van der Waals surface area contributed by atoms with E-state index in [0.717, 1.165) is 12.8 Å². The molecule has 1 aromatic carbocycles. The summed E-state index contributed by atoms with van der Waals surface area (Å²) in [7, 11) is 1.75. The second-order valence-corrected chi connectivity index (χ2v) is 5.11. The highest BCUT2D eigenvalue weighted by Crippen LogP contribution is 2.30. The Labute approximate surface area is 110 Å². The first-order chi connectivity index (χ1) is 8.66. The number of nitrogens with zero attached hydrogens (tertiary/aromatic N) is 2. The molecule has 3 rings (SSSR count). The number of benzene rings is 1. The molecule has 0 spiro atoms. The van der Waals surface area contributed by atoms with Crippen LogP contribution in [0, 0.1) is 5.92 Å². The van der Waals surface area contributed by atoms with Crippen molar-refractivity contribution in [1.82, 2.24) is 9.78 Å². The number of ketones is 1. The predicted octanol–water partition coefficient (Wildman–Crippen LogP) is 2.67. The van der Waals surface area contributed by atoms with Gasteiger partial charge in [0.05, 0.1) is 11.2 Å². The highest BCUT2D eigenvalue weighted by atomic mass is 35.5. The van der Waals surface area contributed by atoms with E-state index in [1.807, 2.05) is 12.1 Å². The molecule has 92 valence electrons. The molecule has 1 heterocycles. The van der Waals surface area contributed by atoms with Crippen LogP contribution in [-0.2, 0) is 19.9 Å². The Bertz CT molecular complexity index is 574. The van der Waals surface area contributed by atoms with Gasteiger partial charge in [0, 0.05) is 13.0 Å². The van der Waals surface area contributed by atoms with E-state index < -0.39 is 0 Å². The molecule has 0 unspecified atom stereocenters. The monoisotopic (exact) mass is 260 g/mol. The Morgan fingerprint density at radius 2 is 1.94 bits per heavy atom. The van der Waals surface area contributed by atoms with Gasteiger partial charge in [0.2, 0.25) is 0 Å². The maximum Gasteiger partial charge on any atom is 0.186 e. The molecule has 0 N–H and O–H groups in total. The summed E-state index contributed by atoms with van der Waals surface area (Å²) in [4.78, 5) is 12.5. The third-order valence-electron chi connectivity index (χ3n) is 3.55. The molecule has 18 heavy (non-hydrogen) atoms. The zero-order valence-corrected chi connectivity index (χ0v) is 10.8. The molecule has 2 aromatic rings. The van der Waals surface area contributed by atoms with Gasteiger partial charge in [-0.25, -0.2) is 0 Å². The first-order valence-electron chi connectivity index (χ1n) is 5.95. The van der Waals surface area contributed by atoms with Gasteiger partial charge in [0.25, 0.3) is 0 Å². The second-order valence-electron chi connectivity index (χ2n) is 4.70. The van der Waals surface area contributed by atoms with Gasteiger partial charge in [-0.1, -0.05) is 35.9 Å². The Morgan fingerprint density at radius 1 is 1.33 bits per heavy atom. The van der Waals surface area contributed by atoms with Crippen LogP contribution < -0.4 is 0 Å². The van der Waals surface area contributed by atoms with Crippen molar-refractivity contribution in [2.75, 3.05) is 0 Å². The summed E-state index contributed by atoms with van der Waals surface area (Å²) in [5, 5.41) is 4.46. The average Bonchev–Trinajstić information content (AvgIpc) is 2.92. The Hall–Kier alpha value is -1.61. The van der Waals surface area contributed by atoms with Crippen molar-refractivity contribution in [1.29, 1.82) is 0 Å². The van der Waals surface area contributed by atoms with Crippen LogP contribution in [0.15, 0.2) is 30.5 Å². The van der Waals surface area contributed by atoms with E-state index in [2.05, 4.69) is 17.2 Å². The summed E-state index contributed by atoms with van der Waals surface area (Å²) in [6.07, 6.45) is 3.13. The Kier molecular flexibility index (Phi) is 2.71. The number of carbonyl (C=O) groups excluding carboxylic acids is 1. The molecule has 0 atom stereocenters. The van der Waals surface area contributed by atoms with Crippen LogP contribution in [0.4, 0.5) is 0 Å². The largest absolute Gasteiger partial charge is 0.292 e. The molecule has 0 saturated heterocycles. The molecule has 0 radical (unpaired) electrons. The SMILES string of the molecule is Cn1ncc(Cl)c1C(=O)C1Cc2ccccc2C1. The van der Waals surface area contributed by atoms with Gasteiger partial charge in [-0.15, -0.1) is 0 Å². The number of halogens is 1. The lowest BCUT2D eigenvalue weighted by Gasteiger charge is -2.08. The number of Topliss-reactive ketones (excluding diaryl/α,β-unsaturated/α-hetero) is 1. The molecule has 1 aliphatic carbocycles. The minimum atomic E-state index is -0.00435. The van der Waals surface area contributed by atoms with Crippen LogP contribution in [0.5, 0.6) is 0 Å². The summed E-state index contributed by atoms with van der Waals surface area (Å²) in [5.41, 5.74) is 3.07. The molecule has 0 aliphatic heterocycles. The zero-order chi connectivity index (χ0) is 12.7. The fourth-order valence-corrected chi connectivity index (χ4v) is 2.88. The average molecular weight is 261 g/mol. The Balaban J connectivity index is 1.89. The van der Waals surface area contributed by atoms with Crippen LogP contribution in [0.25, 0.3) is 0 Å². The van der Waals surface area contributed by atoms with Gasteiger partial charge in [-0.05, 0) is 24.0 Å². The van der Waals surface area contributed by atoms with Crippen molar-refractivity contribution >= 4 is 17.4 Å². The van der Waals surface area contributed by atoms with Gasteiger partial charge in [0.15, 0.2) is 5.78 Å². The number of hydrogen-bond donors (Lipinski definition) is 0. The van der Waals surface area contributed by atoms with Gasteiger partial charge in [-0.3, -0.25) is 9.48 Å². The summed E-state index contributed by atoms with van der Waals surface area (Å²) in [6.45, 7) is 0. The second kappa shape index (κ2) is 4.25. The van der Waals surface area contributed by atoms with Crippen molar-refractivity contribution in [3.8, 4) is 0 Å². The summed E-state index contributed by atoms with van der Waals surface area (Å²) in [5.74, 6) is 0.0894. The molecule has 0 amide bonds. The normalized spacial score (nSPS) is 14.8. The number of carbonyl (C=O) groups is 1. The number of rotatable bonds is 2. The van der Waals surface area contributed by atoms with Gasteiger partial charge in [0.1, 0.15) is 5.69 Å². The lowest BCUT2D eigenvalue weighted by Crippen LogP contribution is -2.18. The van der Waals surface area contributed by atoms with E-state index in [1.165, 1.54) is 17.3 Å². The minimum absolute atomic E-state index is 0.00435. The highest BCUT2D eigenvalue weighted by molar-refractivity contribution is 6.33. The number of aryl methyl sites for hydroxylation is 1. The topological polar surface area (TPSA) is 34.9 Å². The summed E-state index contributed by atoms with van der Waals surface area (Å²) < 4.78 is 1.56. The molecule has 0 bridgehead atoms. The summed E-state index contributed by atoms with van der Waals surface area (Å²) in [6, 6.07) is 8.21. The number of aromatic nitrogens is 2. The first-order valence-corrected chi connectivity index (χ1v) is 6.33. The van der Waals surface area contributed by atoms with Gasteiger partial charge < -0.3 is 0 Å². The lowest BCUT2D eigenvalue weighted by atomic mass is 9.98. The molecular weight excluding hydrogens is 248 g/mol. The zero-order valence-electron chi connectivity index (χ0n) is 10.1.